The maximum Gasteiger partial charge on any atom is 0.331 e. The highest BCUT2D eigenvalue weighted by molar-refractivity contribution is 5.93. The lowest BCUT2D eigenvalue weighted by Crippen LogP contribution is -2.43. The number of furan rings is 1. The van der Waals surface area contributed by atoms with E-state index in [1.165, 1.54) is 38.7 Å². The van der Waals surface area contributed by atoms with E-state index in [-0.39, 0.29) is 5.76 Å². The molecule has 0 fully saturated rings. The summed E-state index contributed by atoms with van der Waals surface area (Å²) >= 11 is 0. The zero-order chi connectivity index (χ0) is 19.6. The first-order valence-corrected chi connectivity index (χ1v) is 7.73. The Hall–Kier alpha value is -3.75. The number of carbonyl (C=O) groups excluding carboxylic acids is 3. The van der Waals surface area contributed by atoms with Gasteiger partial charge in [-0.2, -0.15) is 0 Å². The smallest absolute Gasteiger partial charge is 0.331 e. The van der Waals surface area contributed by atoms with Crippen molar-refractivity contribution in [3.63, 3.8) is 0 Å². The Morgan fingerprint density at radius 3 is 2.52 bits per heavy atom. The highest BCUT2D eigenvalue weighted by Crippen LogP contribution is 2.27. The van der Waals surface area contributed by atoms with Crippen LogP contribution in [0.1, 0.15) is 16.1 Å². The Labute approximate surface area is 154 Å². The molecule has 9 nitrogen and oxygen atoms in total. The minimum absolute atomic E-state index is 0.0325. The molecule has 0 saturated carbocycles. The zero-order valence-corrected chi connectivity index (χ0v) is 14.7. The predicted molar refractivity (Wildman–Crippen MR) is 93.9 cm³/mol. The summed E-state index contributed by atoms with van der Waals surface area (Å²) in [6.07, 6.45) is 3.99. The number of methoxy groups -OCH3 is 2. The predicted octanol–water partition coefficient (Wildman–Crippen LogP) is 1.31. The number of ether oxygens (including phenoxy) is 3. The lowest BCUT2D eigenvalue weighted by molar-refractivity contribution is -0.144. The quantitative estimate of drug-likeness (QED) is 0.426. The molecule has 142 valence electrons. The van der Waals surface area contributed by atoms with Gasteiger partial charge in [0, 0.05) is 6.08 Å². The van der Waals surface area contributed by atoms with Crippen molar-refractivity contribution in [2.24, 2.45) is 0 Å². The number of hydrogen-bond acceptors (Lipinski definition) is 7. The maximum absolute atomic E-state index is 11.7. The van der Waals surface area contributed by atoms with E-state index in [0.29, 0.717) is 17.1 Å². The summed E-state index contributed by atoms with van der Waals surface area (Å²) in [4.78, 5) is 34.8. The Balaban J connectivity index is 1.77. The zero-order valence-electron chi connectivity index (χ0n) is 14.7. The molecular formula is C18H18N2O7. The molecule has 0 aliphatic carbocycles. The number of benzene rings is 1. The topological polar surface area (TPSA) is 116 Å². The normalized spacial score (nSPS) is 10.3. The van der Waals surface area contributed by atoms with Crippen molar-refractivity contribution in [2.75, 3.05) is 20.8 Å². The van der Waals surface area contributed by atoms with Crippen molar-refractivity contribution in [3.05, 3.63) is 54.0 Å². The summed E-state index contributed by atoms with van der Waals surface area (Å²) in [5.41, 5.74) is 4.90. The largest absolute Gasteiger partial charge is 0.493 e. The summed E-state index contributed by atoms with van der Waals surface area (Å²) in [5, 5.41) is 0. The first-order valence-electron chi connectivity index (χ1n) is 7.73. The van der Waals surface area contributed by atoms with Gasteiger partial charge in [0.15, 0.2) is 23.9 Å². The standard InChI is InChI=1S/C18H18N2O7/c1-24-13-7-5-12(10-15(13)25-2)6-8-17(22)27-11-16(21)19-20-18(23)14-4-3-9-26-14/h3-10H,11H2,1-2H3,(H,19,21)(H,20,23)/b8-6+. The van der Waals surface area contributed by atoms with Crippen molar-refractivity contribution in [1.82, 2.24) is 10.9 Å². The monoisotopic (exact) mass is 374 g/mol. The molecule has 1 aromatic carbocycles. The number of nitrogens with one attached hydrogen (secondary N) is 2. The third kappa shape index (κ3) is 5.92. The Morgan fingerprint density at radius 1 is 1.07 bits per heavy atom. The van der Waals surface area contributed by atoms with Gasteiger partial charge < -0.3 is 18.6 Å². The van der Waals surface area contributed by atoms with Gasteiger partial charge in [-0.25, -0.2) is 4.79 Å². The van der Waals surface area contributed by atoms with Gasteiger partial charge in [0.05, 0.1) is 20.5 Å². The van der Waals surface area contributed by atoms with Crippen LogP contribution in [0.5, 0.6) is 11.5 Å². The van der Waals surface area contributed by atoms with Crippen LogP contribution in [0, 0.1) is 0 Å². The SMILES string of the molecule is COc1ccc(/C=C/C(=O)OCC(=O)NNC(=O)c2ccco2)cc1OC. The van der Waals surface area contributed by atoms with Crippen LogP contribution in [0.4, 0.5) is 0 Å². The molecule has 2 amide bonds. The van der Waals surface area contributed by atoms with Crippen molar-refractivity contribution in [2.45, 2.75) is 0 Å². The van der Waals surface area contributed by atoms with Crippen molar-refractivity contribution in [3.8, 4) is 11.5 Å². The fraction of sp³-hybridized carbons (Fsp3) is 0.167. The molecular weight excluding hydrogens is 356 g/mol. The van der Waals surface area contributed by atoms with E-state index in [4.69, 9.17) is 18.6 Å². The summed E-state index contributed by atoms with van der Waals surface area (Å²) in [7, 11) is 3.02. The summed E-state index contributed by atoms with van der Waals surface area (Å²) in [5.74, 6) is -0.955. The van der Waals surface area contributed by atoms with E-state index < -0.39 is 24.4 Å². The maximum atomic E-state index is 11.7. The molecule has 0 unspecified atom stereocenters. The molecule has 0 aliphatic heterocycles. The number of amides is 2. The highest BCUT2D eigenvalue weighted by Gasteiger charge is 2.10. The van der Waals surface area contributed by atoms with Crippen LogP contribution >= 0.6 is 0 Å². The first kappa shape index (κ1) is 19.6. The molecule has 2 rings (SSSR count). The van der Waals surface area contributed by atoms with Crippen LogP contribution in [-0.4, -0.2) is 38.6 Å². The average molecular weight is 374 g/mol. The minimum atomic E-state index is -0.725. The molecule has 0 bridgehead atoms. The van der Waals surface area contributed by atoms with Crippen LogP contribution in [0.15, 0.2) is 47.1 Å². The lowest BCUT2D eigenvalue weighted by Gasteiger charge is -2.07. The van der Waals surface area contributed by atoms with E-state index in [1.807, 2.05) is 0 Å². The molecule has 0 saturated heterocycles. The Kier molecular flexibility index (Phi) is 7.00. The second kappa shape index (κ2) is 9.66. The van der Waals surface area contributed by atoms with Crippen LogP contribution in [0.3, 0.4) is 0 Å². The Morgan fingerprint density at radius 2 is 1.85 bits per heavy atom. The van der Waals surface area contributed by atoms with Crippen LogP contribution in [0.25, 0.3) is 6.08 Å². The van der Waals surface area contributed by atoms with Gasteiger partial charge in [0.1, 0.15) is 0 Å². The number of esters is 1. The van der Waals surface area contributed by atoms with Gasteiger partial charge in [0.25, 0.3) is 5.91 Å². The molecule has 0 aliphatic rings. The van der Waals surface area contributed by atoms with E-state index >= 15 is 0 Å². The first-order chi connectivity index (χ1) is 13.0. The summed E-state index contributed by atoms with van der Waals surface area (Å²) in [6, 6.07) is 8.06. The summed E-state index contributed by atoms with van der Waals surface area (Å²) in [6.45, 7) is -0.562. The van der Waals surface area contributed by atoms with Crippen molar-refractivity contribution in [1.29, 1.82) is 0 Å². The molecule has 0 atom stereocenters. The fourth-order valence-electron chi connectivity index (χ4n) is 1.94. The number of carbonyl (C=O) groups is 3. The molecule has 0 radical (unpaired) electrons. The molecule has 1 heterocycles. The second-order valence-electron chi connectivity index (χ2n) is 5.04. The number of hydrogen-bond donors (Lipinski definition) is 2. The Bertz CT molecular complexity index is 828. The molecule has 2 N–H and O–H groups in total. The third-order valence-corrected chi connectivity index (χ3v) is 3.23. The molecule has 1 aromatic heterocycles. The van der Waals surface area contributed by atoms with E-state index in [2.05, 4.69) is 10.9 Å². The van der Waals surface area contributed by atoms with Gasteiger partial charge in [0.2, 0.25) is 0 Å². The average Bonchev–Trinajstić information content (AvgIpc) is 3.23. The highest BCUT2D eigenvalue weighted by atomic mass is 16.5. The van der Waals surface area contributed by atoms with Gasteiger partial charge in [-0.1, -0.05) is 6.07 Å². The van der Waals surface area contributed by atoms with E-state index in [0.717, 1.165) is 6.08 Å². The molecule has 0 spiro atoms. The van der Waals surface area contributed by atoms with Crippen LogP contribution in [-0.2, 0) is 14.3 Å². The summed E-state index contributed by atoms with van der Waals surface area (Å²) < 4.78 is 19.9. The second-order valence-corrected chi connectivity index (χ2v) is 5.04. The molecule has 9 heteroatoms. The van der Waals surface area contributed by atoms with Crippen molar-refractivity contribution < 1.29 is 33.0 Å². The number of hydrazine groups is 1. The van der Waals surface area contributed by atoms with Gasteiger partial charge in [-0.15, -0.1) is 0 Å². The lowest BCUT2D eigenvalue weighted by atomic mass is 10.2. The minimum Gasteiger partial charge on any atom is -0.493 e. The van der Waals surface area contributed by atoms with Gasteiger partial charge in [-0.05, 0) is 35.9 Å². The molecule has 27 heavy (non-hydrogen) atoms. The van der Waals surface area contributed by atoms with Gasteiger partial charge >= 0.3 is 11.9 Å². The third-order valence-electron chi connectivity index (χ3n) is 3.23. The number of rotatable bonds is 7. The van der Waals surface area contributed by atoms with Gasteiger partial charge in [-0.3, -0.25) is 20.4 Å². The van der Waals surface area contributed by atoms with Crippen LogP contribution < -0.4 is 20.3 Å². The van der Waals surface area contributed by atoms with E-state index in [1.54, 1.807) is 18.2 Å². The fourth-order valence-corrected chi connectivity index (χ4v) is 1.94. The molecule has 2 aromatic rings. The van der Waals surface area contributed by atoms with Crippen LogP contribution in [0.2, 0.25) is 0 Å². The van der Waals surface area contributed by atoms with E-state index in [9.17, 15) is 14.4 Å². The van der Waals surface area contributed by atoms with Crippen molar-refractivity contribution >= 4 is 23.9 Å².